The molecule has 0 amide bonds. The molecule has 0 unspecified atom stereocenters. The van der Waals surface area contributed by atoms with Crippen LogP contribution < -0.4 is 0 Å². The Bertz CT molecular complexity index is 553. The van der Waals surface area contributed by atoms with Gasteiger partial charge in [-0.15, -0.1) is 11.8 Å². The van der Waals surface area contributed by atoms with Crippen molar-refractivity contribution in [2.45, 2.75) is 37.0 Å². The van der Waals surface area contributed by atoms with Crippen LogP contribution >= 0.6 is 11.8 Å². The Labute approximate surface area is 122 Å². The van der Waals surface area contributed by atoms with E-state index in [0.29, 0.717) is 5.92 Å². The number of carboxylic acid groups (broad SMARTS) is 1. The van der Waals surface area contributed by atoms with E-state index in [-0.39, 0.29) is 18.1 Å². The molecule has 0 spiro atoms. The van der Waals surface area contributed by atoms with Crippen LogP contribution in [0.4, 0.5) is 0 Å². The first-order chi connectivity index (χ1) is 9.65. The summed E-state index contributed by atoms with van der Waals surface area (Å²) in [7, 11) is 0. The molecule has 1 aliphatic carbocycles. The van der Waals surface area contributed by atoms with E-state index in [1.165, 1.54) is 6.42 Å². The molecule has 1 heterocycles. The number of carbonyl (C=O) groups is 2. The zero-order valence-corrected chi connectivity index (χ0v) is 12.1. The van der Waals surface area contributed by atoms with Crippen LogP contribution in [-0.2, 0) is 11.2 Å². The van der Waals surface area contributed by atoms with Crippen LogP contribution in [0.2, 0.25) is 0 Å². The van der Waals surface area contributed by atoms with E-state index in [0.717, 1.165) is 41.0 Å². The molecule has 1 aromatic carbocycles. The Hall–Kier alpha value is -1.29. The maximum Gasteiger partial charge on any atom is 0.307 e. The fourth-order valence-electron chi connectivity index (χ4n) is 3.33. The number of Topliss-reactive ketones (excluding diaryl/α,β-unsaturated/α-hetero) is 1. The summed E-state index contributed by atoms with van der Waals surface area (Å²) in [6.07, 6.45) is 4.50. The summed E-state index contributed by atoms with van der Waals surface area (Å²) in [5.74, 6) is 1.05. The van der Waals surface area contributed by atoms with Crippen molar-refractivity contribution in [2.24, 2.45) is 11.8 Å². The molecule has 0 bridgehead atoms. The normalized spacial score (nSPS) is 25.5. The number of aliphatic carboxylic acids is 1. The number of thioether (sulfide) groups is 1. The predicted molar refractivity (Wildman–Crippen MR) is 78.3 cm³/mol. The molecule has 3 rings (SSSR count). The Balaban J connectivity index is 1.94. The van der Waals surface area contributed by atoms with Crippen molar-refractivity contribution in [3.63, 3.8) is 0 Å². The third-order valence-corrected chi connectivity index (χ3v) is 5.63. The van der Waals surface area contributed by atoms with Crippen molar-refractivity contribution in [3.8, 4) is 0 Å². The summed E-state index contributed by atoms with van der Waals surface area (Å²) in [6.45, 7) is 0. The molecule has 1 saturated carbocycles. The van der Waals surface area contributed by atoms with Crippen LogP contribution in [0.15, 0.2) is 23.1 Å². The maximum absolute atomic E-state index is 12.7. The molecule has 1 aliphatic heterocycles. The minimum Gasteiger partial charge on any atom is -0.481 e. The second kappa shape index (κ2) is 5.60. The summed E-state index contributed by atoms with van der Waals surface area (Å²) in [6, 6.07) is 5.56. The quantitative estimate of drug-likeness (QED) is 0.907. The molecule has 3 nitrogen and oxygen atoms in total. The monoisotopic (exact) mass is 290 g/mol. The highest BCUT2D eigenvalue weighted by Crippen LogP contribution is 2.41. The van der Waals surface area contributed by atoms with Gasteiger partial charge in [0.25, 0.3) is 0 Å². The minimum absolute atomic E-state index is 0.0146. The number of carbonyl (C=O) groups excluding carboxylic acids is 1. The zero-order chi connectivity index (χ0) is 14.1. The lowest BCUT2D eigenvalue weighted by atomic mass is 9.76. The van der Waals surface area contributed by atoms with E-state index in [2.05, 4.69) is 0 Å². The van der Waals surface area contributed by atoms with Crippen molar-refractivity contribution in [1.82, 2.24) is 0 Å². The van der Waals surface area contributed by atoms with E-state index in [1.54, 1.807) is 17.8 Å². The summed E-state index contributed by atoms with van der Waals surface area (Å²) >= 11 is 1.76. The molecule has 1 aromatic rings. The maximum atomic E-state index is 12.7. The molecule has 4 heteroatoms. The van der Waals surface area contributed by atoms with Crippen molar-refractivity contribution < 1.29 is 14.7 Å². The fourth-order valence-corrected chi connectivity index (χ4v) is 4.60. The van der Waals surface area contributed by atoms with Gasteiger partial charge in [0.2, 0.25) is 0 Å². The topological polar surface area (TPSA) is 54.4 Å². The largest absolute Gasteiger partial charge is 0.481 e. The van der Waals surface area contributed by atoms with Crippen molar-refractivity contribution in [2.75, 3.05) is 5.75 Å². The van der Waals surface area contributed by atoms with Gasteiger partial charge >= 0.3 is 5.97 Å². The lowest BCUT2D eigenvalue weighted by molar-refractivity contribution is -0.136. The van der Waals surface area contributed by atoms with Gasteiger partial charge in [-0.3, -0.25) is 9.59 Å². The molecule has 0 saturated heterocycles. The van der Waals surface area contributed by atoms with Crippen molar-refractivity contribution in [1.29, 1.82) is 0 Å². The Morgan fingerprint density at radius 2 is 2.10 bits per heavy atom. The molecule has 20 heavy (non-hydrogen) atoms. The van der Waals surface area contributed by atoms with Gasteiger partial charge in [-0.25, -0.2) is 0 Å². The van der Waals surface area contributed by atoms with E-state index in [4.69, 9.17) is 5.11 Å². The number of benzene rings is 1. The smallest absolute Gasteiger partial charge is 0.307 e. The summed E-state index contributed by atoms with van der Waals surface area (Å²) in [5, 5.41) is 8.89. The Morgan fingerprint density at radius 1 is 1.30 bits per heavy atom. The molecule has 106 valence electrons. The molecular formula is C16H18O3S. The highest BCUT2D eigenvalue weighted by atomic mass is 32.2. The second-order valence-electron chi connectivity index (χ2n) is 5.73. The number of hydrogen-bond donors (Lipinski definition) is 1. The third kappa shape index (κ3) is 2.62. The van der Waals surface area contributed by atoms with E-state index in [1.807, 2.05) is 12.1 Å². The van der Waals surface area contributed by atoms with Gasteiger partial charge in [0, 0.05) is 22.1 Å². The summed E-state index contributed by atoms with van der Waals surface area (Å²) in [5.41, 5.74) is 1.47. The van der Waals surface area contributed by atoms with Crippen LogP contribution in [-0.4, -0.2) is 22.6 Å². The minimum atomic E-state index is -0.853. The summed E-state index contributed by atoms with van der Waals surface area (Å²) < 4.78 is 0. The molecule has 0 radical (unpaired) electrons. The van der Waals surface area contributed by atoms with Crippen molar-refractivity contribution >= 4 is 23.5 Å². The molecule has 1 fully saturated rings. The fraction of sp³-hybridized carbons (Fsp3) is 0.500. The molecule has 2 atom stereocenters. The number of ketones is 1. The van der Waals surface area contributed by atoms with Crippen LogP contribution in [0.3, 0.4) is 0 Å². The number of fused-ring (bicyclic) bond motifs is 2. The van der Waals surface area contributed by atoms with Gasteiger partial charge in [-0.05, 0) is 36.5 Å². The lowest BCUT2D eigenvalue weighted by Crippen LogP contribution is -2.27. The van der Waals surface area contributed by atoms with Gasteiger partial charge in [-0.2, -0.15) is 0 Å². The van der Waals surface area contributed by atoms with Gasteiger partial charge < -0.3 is 5.11 Å². The number of hydrogen-bond acceptors (Lipinski definition) is 3. The molecule has 2 aliphatic rings. The second-order valence-corrected chi connectivity index (χ2v) is 6.79. The van der Waals surface area contributed by atoms with E-state index in [9.17, 15) is 9.59 Å². The molecule has 1 N–H and O–H groups in total. The van der Waals surface area contributed by atoms with E-state index >= 15 is 0 Å². The van der Waals surface area contributed by atoms with Crippen LogP contribution in [0.1, 0.15) is 41.6 Å². The van der Waals surface area contributed by atoms with Gasteiger partial charge in [0.1, 0.15) is 0 Å². The standard InChI is InChI=1S/C16H18O3S/c17-15(18)8-10-5-6-14-13(7-10)16(19)12-4-2-1-3-11(12)9-20-14/h5-7,11-12H,1-4,8-9H2,(H,17,18)/t11-,12-/m1/s1. The first-order valence-corrected chi connectivity index (χ1v) is 8.15. The SMILES string of the molecule is O=C(O)Cc1ccc2c(c1)C(=O)[C@@H]1CCCC[C@@H]1CS2. The van der Waals surface area contributed by atoms with Crippen molar-refractivity contribution in [3.05, 3.63) is 29.3 Å². The molecule has 0 aromatic heterocycles. The van der Waals surface area contributed by atoms with Gasteiger partial charge in [-0.1, -0.05) is 18.9 Å². The van der Waals surface area contributed by atoms with E-state index < -0.39 is 5.97 Å². The summed E-state index contributed by atoms with van der Waals surface area (Å²) in [4.78, 5) is 24.6. The Kier molecular flexibility index (Phi) is 3.83. The highest BCUT2D eigenvalue weighted by molar-refractivity contribution is 7.99. The number of carboxylic acids is 1. The highest BCUT2D eigenvalue weighted by Gasteiger charge is 2.35. The average Bonchev–Trinajstić information content (AvgIpc) is 2.57. The average molecular weight is 290 g/mol. The molecular weight excluding hydrogens is 272 g/mol. The van der Waals surface area contributed by atoms with Crippen LogP contribution in [0, 0.1) is 11.8 Å². The van der Waals surface area contributed by atoms with Gasteiger partial charge in [0.05, 0.1) is 6.42 Å². The first-order valence-electron chi connectivity index (χ1n) is 7.17. The zero-order valence-electron chi connectivity index (χ0n) is 11.3. The van der Waals surface area contributed by atoms with Crippen LogP contribution in [0.5, 0.6) is 0 Å². The van der Waals surface area contributed by atoms with Gasteiger partial charge in [0.15, 0.2) is 5.78 Å². The lowest BCUT2D eigenvalue weighted by Gasteiger charge is -2.28. The first kappa shape index (κ1) is 13.7. The Morgan fingerprint density at radius 3 is 2.90 bits per heavy atom. The number of rotatable bonds is 2. The van der Waals surface area contributed by atoms with Crippen LogP contribution in [0.25, 0.3) is 0 Å². The third-order valence-electron chi connectivity index (χ3n) is 4.36. The predicted octanol–water partition coefficient (Wildman–Crippen LogP) is 3.41.